The number of para-hydroxylation sites is 1. The number of hydrogen-bond donors (Lipinski definition) is 3. The fourth-order valence-electron chi connectivity index (χ4n) is 4.93. The minimum atomic E-state index is -0.585. The highest BCUT2D eigenvalue weighted by molar-refractivity contribution is 9.10. The fraction of sp³-hybridized carbons (Fsp3) is 0.259. The van der Waals surface area contributed by atoms with Crippen molar-refractivity contribution in [2.45, 2.75) is 26.5 Å². The molecule has 4 aromatic rings. The van der Waals surface area contributed by atoms with Crippen LogP contribution in [0.2, 0.25) is 0 Å². The number of aliphatic hydroxyl groups is 1. The van der Waals surface area contributed by atoms with Gasteiger partial charge in [-0.1, -0.05) is 54.0 Å². The van der Waals surface area contributed by atoms with Gasteiger partial charge >= 0.3 is 0 Å². The van der Waals surface area contributed by atoms with Crippen LogP contribution in [0.15, 0.2) is 59.3 Å². The first-order chi connectivity index (χ1) is 16.9. The Hall–Kier alpha value is -3.20. The lowest BCUT2D eigenvalue weighted by Crippen LogP contribution is -2.34. The van der Waals surface area contributed by atoms with Crippen LogP contribution in [0, 0.1) is 0 Å². The summed E-state index contributed by atoms with van der Waals surface area (Å²) in [6.45, 7) is 6.79. The van der Waals surface area contributed by atoms with E-state index in [0.29, 0.717) is 35.4 Å². The highest BCUT2D eigenvalue weighted by atomic mass is 79.9. The van der Waals surface area contributed by atoms with Gasteiger partial charge in [-0.3, -0.25) is 14.9 Å². The lowest BCUT2D eigenvalue weighted by atomic mass is 9.95. The third-order valence-corrected chi connectivity index (χ3v) is 7.17. The Kier molecular flexibility index (Phi) is 6.35. The molecule has 0 radical (unpaired) electrons. The number of amides is 2. The maximum absolute atomic E-state index is 13.1. The lowest BCUT2D eigenvalue weighted by Gasteiger charge is -2.22. The van der Waals surface area contributed by atoms with Crippen molar-refractivity contribution in [2.24, 2.45) is 0 Å². The fourth-order valence-corrected chi connectivity index (χ4v) is 5.28. The number of hydrogen-bond acceptors (Lipinski definition) is 4. The third-order valence-electron chi connectivity index (χ3n) is 6.67. The molecule has 0 fully saturated rings. The molecule has 35 heavy (non-hydrogen) atoms. The Bertz CT molecular complexity index is 1480. The van der Waals surface area contributed by atoms with Gasteiger partial charge < -0.3 is 19.6 Å². The van der Waals surface area contributed by atoms with Gasteiger partial charge in [0.2, 0.25) is 0 Å². The van der Waals surface area contributed by atoms with Gasteiger partial charge in [-0.05, 0) is 31.3 Å². The van der Waals surface area contributed by atoms with Crippen molar-refractivity contribution in [3.63, 3.8) is 0 Å². The molecule has 3 N–H and O–H groups in total. The molecular formula is C27H27BrN4O3. The van der Waals surface area contributed by atoms with E-state index in [-0.39, 0.29) is 0 Å². The van der Waals surface area contributed by atoms with Crippen molar-refractivity contribution >= 4 is 60.7 Å². The Morgan fingerprint density at radius 2 is 1.71 bits per heavy atom. The number of rotatable bonds is 8. The van der Waals surface area contributed by atoms with Gasteiger partial charge in [0.15, 0.2) is 0 Å². The van der Waals surface area contributed by atoms with Crippen LogP contribution in [0.4, 0.5) is 0 Å². The molecule has 8 heteroatoms. The largest absolute Gasteiger partial charge is 0.390 e. The van der Waals surface area contributed by atoms with Gasteiger partial charge in [-0.25, -0.2) is 0 Å². The molecule has 0 bridgehead atoms. The Morgan fingerprint density at radius 3 is 2.46 bits per heavy atom. The summed E-state index contributed by atoms with van der Waals surface area (Å²) in [4.78, 5) is 31.5. The Morgan fingerprint density at radius 1 is 1.00 bits per heavy atom. The number of halogens is 1. The molecule has 1 atom stereocenters. The van der Waals surface area contributed by atoms with Crippen LogP contribution in [0.3, 0.4) is 0 Å². The van der Waals surface area contributed by atoms with Crippen LogP contribution >= 0.6 is 15.9 Å². The average molecular weight is 535 g/mol. The smallest absolute Gasteiger partial charge is 0.259 e. The van der Waals surface area contributed by atoms with E-state index in [1.807, 2.05) is 53.2 Å². The van der Waals surface area contributed by atoms with Crippen molar-refractivity contribution in [1.29, 1.82) is 0 Å². The van der Waals surface area contributed by atoms with E-state index in [9.17, 15) is 14.7 Å². The minimum Gasteiger partial charge on any atom is -0.390 e. The minimum absolute atomic E-state index is 0.351. The van der Waals surface area contributed by atoms with E-state index >= 15 is 0 Å². The monoisotopic (exact) mass is 534 g/mol. The molecule has 0 spiro atoms. The number of aliphatic hydroxyl groups excluding tert-OH is 1. The van der Waals surface area contributed by atoms with Crippen molar-refractivity contribution in [1.82, 2.24) is 19.8 Å². The van der Waals surface area contributed by atoms with Crippen molar-refractivity contribution in [2.75, 3.05) is 19.6 Å². The van der Waals surface area contributed by atoms with Crippen molar-refractivity contribution < 1.29 is 14.7 Å². The summed E-state index contributed by atoms with van der Waals surface area (Å²) < 4.78 is 2.87. The maximum atomic E-state index is 13.1. The van der Waals surface area contributed by atoms with E-state index in [1.54, 1.807) is 6.20 Å². The predicted molar refractivity (Wildman–Crippen MR) is 142 cm³/mol. The molecule has 2 aromatic heterocycles. The standard InChI is InChI=1S/C27H27BrN4O3/c1-3-31(4-2)13-17(33)14-32-15-21(19-10-9-16(28)11-23(19)32)25-24(26(34)30-27(25)35)20-12-29-22-8-6-5-7-18(20)22/h5-12,15,17,29,33H,3-4,13-14H2,1-2H3,(H,30,34,35). The second kappa shape index (κ2) is 9.45. The zero-order valence-corrected chi connectivity index (χ0v) is 21.2. The summed E-state index contributed by atoms with van der Waals surface area (Å²) in [5.41, 5.74) is 3.85. The molecule has 1 aliphatic heterocycles. The number of nitrogens with one attached hydrogen (secondary N) is 2. The van der Waals surface area contributed by atoms with Gasteiger partial charge in [0, 0.05) is 62.9 Å². The first-order valence-electron chi connectivity index (χ1n) is 11.8. The van der Waals surface area contributed by atoms with Gasteiger partial charge in [0.05, 0.1) is 17.3 Å². The number of H-pyrrole nitrogens is 1. The van der Waals surface area contributed by atoms with Crippen LogP contribution < -0.4 is 5.32 Å². The number of nitrogens with zero attached hydrogens (tertiary/aromatic N) is 2. The number of aromatic amines is 1. The van der Waals surface area contributed by atoms with Crippen LogP contribution in [0.25, 0.3) is 33.0 Å². The number of likely N-dealkylation sites (N-methyl/N-ethyl adjacent to an activating group) is 1. The van der Waals surface area contributed by atoms with E-state index in [0.717, 1.165) is 39.4 Å². The van der Waals surface area contributed by atoms with E-state index in [1.165, 1.54) is 0 Å². The van der Waals surface area contributed by atoms with Gasteiger partial charge in [-0.15, -0.1) is 0 Å². The second-order valence-corrected chi connectivity index (χ2v) is 9.69. The molecular weight excluding hydrogens is 508 g/mol. The van der Waals surface area contributed by atoms with E-state index in [2.05, 4.69) is 45.0 Å². The molecule has 3 heterocycles. The van der Waals surface area contributed by atoms with Crippen molar-refractivity contribution in [3.8, 4) is 0 Å². The third kappa shape index (κ3) is 4.22. The zero-order chi connectivity index (χ0) is 24.7. The number of aromatic nitrogens is 2. The first-order valence-corrected chi connectivity index (χ1v) is 12.6. The first kappa shape index (κ1) is 23.5. The normalized spacial score (nSPS) is 15.1. The van der Waals surface area contributed by atoms with Crippen molar-refractivity contribution in [3.05, 3.63) is 70.5 Å². The summed E-state index contributed by atoms with van der Waals surface area (Å²) >= 11 is 3.55. The van der Waals surface area contributed by atoms with Gasteiger partial charge in [0.25, 0.3) is 11.8 Å². The molecule has 7 nitrogen and oxygen atoms in total. The van der Waals surface area contributed by atoms with Crippen LogP contribution in [0.5, 0.6) is 0 Å². The number of carbonyl (C=O) groups is 2. The Labute approximate surface area is 211 Å². The highest BCUT2D eigenvalue weighted by Gasteiger charge is 2.35. The predicted octanol–water partition coefficient (Wildman–Crippen LogP) is 4.16. The summed E-state index contributed by atoms with van der Waals surface area (Å²) in [7, 11) is 0. The SMILES string of the molecule is CCN(CC)CC(O)Cn1cc(C2=C(c3c[nH]c4ccccc34)C(=O)NC2=O)c2ccc(Br)cc21. The molecule has 1 unspecified atom stereocenters. The van der Waals surface area contributed by atoms with Crippen LogP contribution in [0.1, 0.15) is 25.0 Å². The number of imide groups is 1. The topological polar surface area (TPSA) is 90.4 Å². The van der Waals surface area contributed by atoms with E-state index in [4.69, 9.17) is 0 Å². The number of fused-ring (bicyclic) bond motifs is 2. The summed E-state index contributed by atoms with van der Waals surface area (Å²) in [5.74, 6) is -0.824. The maximum Gasteiger partial charge on any atom is 0.259 e. The molecule has 2 amide bonds. The summed E-state index contributed by atoms with van der Waals surface area (Å²) in [5, 5.41) is 15.1. The molecule has 0 saturated carbocycles. The van der Waals surface area contributed by atoms with Crippen LogP contribution in [-0.2, 0) is 16.1 Å². The average Bonchev–Trinajstić information content (AvgIpc) is 3.50. The van der Waals surface area contributed by atoms with Gasteiger partial charge in [0.1, 0.15) is 0 Å². The highest BCUT2D eigenvalue weighted by Crippen LogP contribution is 2.38. The molecule has 2 aromatic carbocycles. The summed E-state index contributed by atoms with van der Waals surface area (Å²) in [6.07, 6.45) is 3.07. The molecule has 0 saturated heterocycles. The lowest BCUT2D eigenvalue weighted by molar-refractivity contribution is -0.122. The molecule has 0 aliphatic carbocycles. The molecule has 1 aliphatic rings. The number of carbonyl (C=O) groups excluding carboxylic acids is 2. The zero-order valence-electron chi connectivity index (χ0n) is 19.6. The molecule has 5 rings (SSSR count). The van der Waals surface area contributed by atoms with Crippen LogP contribution in [-0.4, -0.2) is 57.1 Å². The summed E-state index contributed by atoms with van der Waals surface area (Å²) in [6, 6.07) is 13.5. The molecule has 180 valence electrons. The number of benzene rings is 2. The second-order valence-electron chi connectivity index (χ2n) is 8.78. The van der Waals surface area contributed by atoms with Gasteiger partial charge in [-0.2, -0.15) is 0 Å². The Balaban J connectivity index is 1.67. The quantitative estimate of drug-likeness (QED) is 0.296. The van der Waals surface area contributed by atoms with E-state index < -0.39 is 17.9 Å².